The van der Waals surface area contributed by atoms with Gasteiger partial charge in [-0.25, -0.2) is 4.39 Å². The van der Waals surface area contributed by atoms with Gasteiger partial charge in [-0.15, -0.1) is 0 Å². The van der Waals surface area contributed by atoms with E-state index in [1.807, 2.05) is 20.8 Å². The van der Waals surface area contributed by atoms with Crippen LogP contribution in [0.25, 0.3) is 0 Å². The Balaban J connectivity index is 2.09. The second-order valence-electron chi connectivity index (χ2n) is 6.21. The minimum absolute atomic E-state index is 0.138. The highest BCUT2D eigenvalue weighted by atomic mass is 79.9. The van der Waals surface area contributed by atoms with Crippen LogP contribution in [0.2, 0.25) is 0 Å². The van der Waals surface area contributed by atoms with Gasteiger partial charge in [0.1, 0.15) is 11.4 Å². The predicted octanol–water partition coefficient (Wildman–Crippen LogP) is 4.25. The largest absolute Gasteiger partial charge is 0.460 e. The van der Waals surface area contributed by atoms with Crippen molar-refractivity contribution in [2.75, 3.05) is 0 Å². The molecular weight excluding hydrogens is 311 g/mol. The smallest absolute Gasteiger partial charge is 0.312 e. The molecule has 2 rings (SSSR count). The van der Waals surface area contributed by atoms with Crippen LogP contribution in [0.1, 0.15) is 39.2 Å². The van der Waals surface area contributed by atoms with Crippen molar-refractivity contribution in [3.8, 4) is 0 Å². The van der Waals surface area contributed by atoms with Crippen molar-refractivity contribution >= 4 is 21.9 Å². The highest BCUT2D eigenvalue weighted by Crippen LogP contribution is 2.50. The number of esters is 1. The van der Waals surface area contributed by atoms with Crippen LogP contribution < -0.4 is 0 Å². The van der Waals surface area contributed by atoms with Crippen LogP contribution in [0, 0.1) is 11.2 Å². The number of ether oxygens (including phenoxy) is 1. The van der Waals surface area contributed by atoms with Gasteiger partial charge < -0.3 is 4.74 Å². The van der Waals surface area contributed by atoms with E-state index in [-0.39, 0.29) is 11.8 Å². The molecule has 2 nitrogen and oxygen atoms in total. The van der Waals surface area contributed by atoms with Gasteiger partial charge in [0, 0.05) is 0 Å². The third kappa shape index (κ3) is 3.56. The zero-order valence-corrected chi connectivity index (χ0v) is 13.0. The number of benzene rings is 1. The molecule has 0 heterocycles. The molecule has 0 bridgehead atoms. The quantitative estimate of drug-likeness (QED) is 0.775. The molecule has 1 fully saturated rings. The fourth-order valence-electron chi connectivity index (χ4n) is 2.03. The molecule has 0 atom stereocenters. The molecule has 0 spiro atoms. The molecule has 0 N–H and O–H groups in total. The van der Waals surface area contributed by atoms with E-state index in [4.69, 9.17) is 4.74 Å². The van der Waals surface area contributed by atoms with Crippen molar-refractivity contribution in [2.45, 2.75) is 45.6 Å². The maximum Gasteiger partial charge on any atom is 0.312 e. The van der Waals surface area contributed by atoms with E-state index in [2.05, 4.69) is 15.9 Å². The van der Waals surface area contributed by atoms with Crippen molar-refractivity contribution in [1.29, 1.82) is 0 Å². The Morgan fingerprint density at radius 2 is 2.05 bits per heavy atom. The van der Waals surface area contributed by atoms with Crippen molar-refractivity contribution < 1.29 is 13.9 Å². The summed E-state index contributed by atoms with van der Waals surface area (Å²) in [4.78, 5) is 12.2. The lowest BCUT2D eigenvalue weighted by Gasteiger charge is -2.23. The molecule has 0 aliphatic heterocycles. The summed E-state index contributed by atoms with van der Waals surface area (Å²) in [6.45, 7) is 5.61. The Hall–Kier alpha value is -0.900. The van der Waals surface area contributed by atoms with Gasteiger partial charge in [-0.3, -0.25) is 4.79 Å². The lowest BCUT2D eigenvalue weighted by atomic mass is 9.96. The first-order chi connectivity index (χ1) is 8.72. The topological polar surface area (TPSA) is 26.3 Å². The summed E-state index contributed by atoms with van der Waals surface area (Å²) < 4.78 is 19.1. The lowest BCUT2D eigenvalue weighted by Crippen LogP contribution is -2.30. The van der Waals surface area contributed by atoms with Crippen molar-refractivity contribution in [1.82, 2.24) is 0 Å². The van der Waals surface area contributed by atoms with E-state index in [0.717, 1.165) is 18.4 Å². The highest BCUT2D eigenvalue weighted by molar-refractivity contribution is 9.10. The number of halogens is 2. The van der Waals surface area contributed by atoms with Crippen LogP contribution in [-0.4, -0.2) is 11.6 Å². The van der Waals surface area contributed by atoms with Gasteiger partial charge in [-0.2, -0.15) is 0 Å². The average molecular weight is 329 g/mol. The van der Waals surface area contributed by atoms with E-state index in [1.165, 1.54) is 6.07 Å². The van der Waals surface area contributed by atoms with Gasteiger partial charge in [-0.05, 0) is 73.7 Å². The number of rotatable bonds is 3. The molecule has 1 saturated carbocycles. The summed E-state index contributed by atoms with van der Waals surface area (Å²) in [5.74, 6) is -0.425. The molecule has 1 aliphatic carbocycles. The number of hydrogen-bond acceptors (Lipinski definition) is 2. The van der Waals surface area contributed by atoms with Crippen LogP contribution in [0.15, 0.2) is 22.7 Å². The molecule has 0 unspecified atom stereocenters. The third-order valence-electron chi connectivity index (χ3n) is 3.21. The summed E-state index contributed by atoms with van der Waals surface area (Å²) in [5, 5.41) is 0. The molecule has 1 aromatic carbocycles. The maximum absolute atomic E-state index is 13.2. The number of carbonyl (C=O) groups is 1. The van der Waals surface area contributed by atoms with Crippen LogP contribution in [0.4, 0.5) is 4.39 Å². The fraction of sp³-hybridized carbons (Fsp3) is 0.533. The summed E-state index contributed by atoms with van der Waals surface area (Å²) in [6, 6.07) is 4.88. The van der Waals surface area contributed by atoms with Gasteiger partial charge in [0.25, 0.3) is 0 Å². The minimum Gasteiger partial charge on any atom is -0.460 e. The first kappa shape index (κ1) is 14.5. The molecule has 104 valence electrons. The van der Waals surface area contributed by atoms with E-state index in [0.29, 0.717) is 10.9 Å². The second kappa shape index (κ2) is 4.89. The Bertz CT molecular complexity index is 501. The van der Waals surface area contributed by atoms with Crippen molar-refractivity contribution in [3.63, 3.8) is 0 Å². The van der Waals surface area contributed by atoms with Crippen LogP contribution >= 0.6 is 15.9 Å². The standard InChI is InChI=1S/C15H18BrFO2/c1-14(2,3)19-13(18)15(6-7-15)9-10-4-5-12(17)11(16)8-10/h4-5,8H,6-7,9H2,1-3H3. The molecule has 4 heteroatoms. The van der Waals surface area contributed by atoms with E-state index in [9.17, 15) is 9.18 Å². The first-order valence-electron chi connectivity index (χ1n) is 6.39. The summed E-state index contributed by atoms with van der Waals surface area (Å²) in [6.07, 6.45) is 2.30. The van der Waals surface area contributed by atoms with Gasteiger partial charge in [-0.1, -0.05) is 6.07 Å². The first-order valence-corrected chi connectivity index (χ1v) is 7.19. The fourth-order valence-corrected chi connectivity index (χ4v) is 2.46. The molecular formula is C15H18BrFO2. The van der Waals surface area contributed by atoms with Crippen molar-refractivity contribution in [2.24, 2.45) is 5.41 Å². The van der Waals surface area contributed by atoms with Crippen LogP contribution in [0.5, 0.6) is 0 Å². The second-order valence-corrected chi connectivity index (χ2v) is 7.06. The minimum atomic E-state index is -0.462. The van der Waals surface area contributed by atoms with Crippen molar-refractivity contribution in [3.05, 3.63) is 34.1 Å². The Kier molecular flexibility index (Phi) is 3.74. The normalized spacial score (nSPS) is 17.1. The number of carbonyl (C=O) groups excluding carboxylic acids is 1. The maximum atomic E-state index is 13.2. The Morgan fingerprint density at radius 3 is 2.53 bits per heavy atom. The number of hydrogen-bond donors (Lipinski definition) is 0. The zero-order valence-electron chi connectivity index (χ0n) is 11.4. The summed E-state index contributed by atoms with van der Waals surface area (Å²) in [5.41, 5.74) is 0.0947. The van der Waals surface area contributed by atoms with Crippen LogP contribution in [-0.2, 0) is 16.0 Å². The highest BCUT2D eigenvalue weighted by Gasteiger charge is 2.52. The van der Waals surface area contributed by atoms with Gasteiger partial charge >= 0.3 is 5.97 Å². The van der Waals surface area contributed by atoms with Gasteiger partial charge in [0.2, 0.25) is 0 Å². The molecule has 0 saturated heterocycles. The summed E-state index contributed by atoms with van der Waals surface area (Å²) >= 11 is 3.17. The van der Waals surface area contributed by atoms with Crippen LogP contribution in [0.3, 0.4) is 0 Å². The molecule has 1 aromatic rings. The Labute approximate surface area is 121 Å². The van der Waals surface area contributed by atoms with E-state index < -0.39 is 11.0 Å². The van der Waals surface area contributed by atoms with Gasteiger partial charge in [0.15, 0.2) is 0 Å². The third-order valence-corrected chi connectivity index (χ3v) is 3.82. The lowest BCUT2D eigenvalue weighted by molar-refractivity contribution is -0.161. The van der Waals surface area contributed by atoms with E-state index >= 15 is 0 Å². The molecule has 0 amide bonds. The van der Waals surface area contributed by atoms with Gasteiger partial charge in [0.05, 0.1) is 9.89 Å². The average Bonchev–Trinajstić information content (AvgIpc) is 3.02. The molecule has 19 heavy (non-hydrogen) atoms. The SMILES string of the molecule is CC(C)(C)OC(=O)C1(Cc2ccc(F)c(Br)c2)CC1. The molecule has 1 aliphatic rings. The Morgan fingerprint density at radius 1 is 1.42 bits per heavy atom. The summed E-state index contributed by atoms with van der Waals surface area (Å²) in [7, 11) is 0. The zero-order chi connectivity index (χ0) is 14.3. The van der Waals surface area contributed by atoms with E-state index in [1.54, 1.807) is 12.1 Å². The monoisotopic (exact) mass is 328 g/mol. The molecule has 0 aromatic heterocycles. The predicted molar refractivity (Wildman–Crippen MR) is 75.3 cm³/mol. The molecule has 0 radical (unpaired) electrons.